The third-order valence-corrected chi connectivity index (χ3v) is 5.84. The van der Waals surface area contributed by atoms with Crippen molar-refractivity contribution in [3.63, 3.8) is 0 Å². The van der Waals surface area contributed by atoms with Gasteiger partial charge in [-0.2, -0.15) is 0 Å². The quantitative estimate of drug-likeness (QED) is 0.446. The van der Waals surface area contributed by atoms with Crippen molar-refractivity contribution in [1.82, 2.24) is 0 Å². The smallest absolute Gasteiger partial charge is 0.341 e. The summed E-state index contributed by atoms with van der Waals surface area (Å²) >= 11 is 1.26. The summed E-state index contributed by atoms with van der Waals surface area (Å²) < 4.78 is 10.5. The number of hydrogen-bond acceptors (Lipinski definition) is 7. The van der Waals surface area contributed by atoms with Crippen molar-refractivity contribution in [2.75, 3.05) is 29.9 Å². The first-order chi connectivity index (χ1) is 15.5. The number of ether oxygens (including phenoxy) is 2. The second kappa shape index (κ2) is 9.23. The molecule has 1 aliphatic heterocycles. The van der Waals surface area contributed by atoms with Gasteiger partial charge in [-0.1, -0.05) is 36.4 Å². The lowest BCUT2D eigenvalue weighted by Crippen LogP contribution is -2.41. The second-order valence-corrected chi connectivity index (χ2v) is 8.17. The van der Waals surface area contributed by atoms with Gasteiger partial charge in [-0.05, 0) is 37.1 Å². The molecule has 0 spiro atoms. The Morgan fingerprint density at radius 2 is 1.97 bits per heavy atom. The Morgan fingerprint density at radius 1 is 1.19 bits per heavy atom. The van der Waals surface area contributed by atoms with Crippen LogP contribution >= 0.6 is 11.3 Å². The van der Waals surface area contributed by atoms with Crippen LogP contribution in [0.15, 0.2) is 53.9 Å². The molecule has 0 unspecified atom stereocenters. The van der Waals surface area contributed by atoms with Crippen molar-refractivity contribution in [2.24, 2.45) is 0 Å². The molecule has 1 amide bonds. The van der Waals surface area contributed by atoms with Crippen molar-refractivity contribution < 1.29 is 23.9 Å². The number of esters is 2. The summed E-state index contributed by atoms with van der Waals surface area (Å²) in [6.07, 6.45) is 0. The third-order valence-electron chi connectivity index (χ3n) is 4.94. The minimum Gasteiger partial charge on any atom is -0.462 e. The van der Waals surface area contributed by atoms with E-state index in [1.165, 1.54) is 11.3 Å². The molecule has 0 fully saturated rings. The van der Waals surface area contributed by atoms with Crippen LogP contribution in [0.1, 0.15) is 22.8 Å². The standard InChI is InChI=1S/C24H22N2O5S/c1-3-30-24(29)22-17(16-7-5-4-6-8-16)14-32-23(22)25-20(27)12-26-13-21(28)31-19-10-9-15(2)11-18(19)26/h4-11,14H,3,12-13H2,1-2H3,(H,25,27). The molecule has 4 rings (SSSR count). The molecule has 0 bridgehead atoms. The van der Waals surface area contributed by atoms with Gasteiger partial charge in [0.05, 0.1) is 18.8 Å². The SMILES string of the molecule is CCOC(=O)c1c(-c2ccccc2)csc1NC(=O)CN1CC(=O)Oc2ccc(C)cc21. The van der Waals surface area contributed by atoms with Gasteiger partial charge >= 0.3 is 11.9 Å². The second-order valence-electron chi connectivity index (χ2n) is 7.29. The molecule has 0 radical (unpaired) electrons. The Bertz CT molecular complexity index is 1170. The van der Waals surface area contributed by atoms with E-state index in [0.29, 0.717) is 27.6 Å². The molecular weight excluding hydrogens is 428 g/mol. The Labute approximate surface area is 189 Å². The normalized spacial score (nSPS) is 12.7. The fourth-order valence-electron chi connectivity index (χ4n) is 3.52. The highest BCUT2D eigenvalue weighted by Crippen LogP contribution is 2.37. The number of benzene rings is 2. The average molecular weight is 451 g/mol. The highest BCUT2D eigenvalue weighted by molar-refractivity contribution is 7.15. The third kappa shape index (κ3) is 4.50. The van der Waals surface area contributed by atoms with Crippen LogP contribution in [0.2, 0.25) is 0 Å². The molecule has 3 aromatic rings. The molecule has 0 atom stereocenters. The van der Waals surface area contributed by atoms with E-state index in [2.05, 4.69) is 5.32 Å². The molecule has 2 aromatic carbocycles. The Kier molecular flexibility index (Phi) is 6.23. The van der Waals surface area contributed by atoms with Gasteiger partial charge < -0.3 is 19.7 Å². The molecule has 1 aliphatic rings. The number of aryl methyl sites for hydroxylation is 1. The maximum Gasteiger partial charge on any atom is 0.341 e. The summed E-state index contributed by atoms with van der Waals surface area (Å²) in [5.74, 6) is -0.845. The van der Waals surface area contributed by atoms with Gasteiger partial charge in [0.2, 0.25) is 5.91 Å². The van der Waals surface area contributed by atoms with Crippen LogP contribution in [-0.2, 0) is 14.3 Å². The number of fused-ring (bicyclic) bond motifs is 1. The number of anilines is 2. The molecular formula is C24H22N2O5S. The van der Waals surface area contributed by atoms with E-state index in [9.17, 15) is 14.4 Å². The van der Waals surface area contributed by atoms with Crippen LogP contribution in [0.3, 0.4) is 0 Å². The highest BCUT2D eigenvalue weighted by Gasteiger charge is 2.27. The molecule has 7 nitrogen and oxygen atoms in total. The lowest BCUT2D eigenvalue weighted by Gasteiger charge is -2.29. The van der Waals surface area contributed by atoms with E-state index >= 15 is 0 Å². The zero-order chi connectivity index (χ0) is 22.7. The van der Waals surface area contributed by atoms with Crippen LogP contribution in [0.5, 0.6) is 5.75 Å². The molecule has 164 valence electrons. The number of rotatable bonds is 6. The van der Waals surface area contributed by atoms with Crippen molar-refractivity contribution in [3.8, 4) is 16.9 Å². The lowest BCUT2D eigenvalue weighted by atomic mass is 10.0. The predicted molar refractivity (Wildman–Crippen MR) is 123 cm³/mol. The van der Waals surface area contributed by atoms with E-state index in [4.69, 9.17) is 9.47 Å². The van der Waals surface area contributed by atoms with Crippen molar-refractivity contribution in [1.29, 1.82) is 0 Å². The minimum absolute atomic E-state index is 0.0334. The molecule has 1 aromatic heterocycles. The van der Waals surface area contributed by atoms with E-state index in [1.807, 2.05) is 54.8 Å². The van der Waals surface area contributed by atoms with Gasteiger partial charge in [0.25, 0.3) is 0 Å². The first kappa shape index (κ1) is 21.6. The van der Waals surface area contributed by atoms with Gasteiger partial charge in [0, 0.05) is 10.9 Å². The van der Waals surface area contributed by atoms with Gasteiger partial charge in [-0.3, -0.25) is 4.79 Å². The van der Waals surface area contributed by atoms with Crippen molar-refractivity contribution >= 4 is 39.9 Å². The molecule has 1 N–H and O–H groups in total. The largest absolute Gasteiger partial charge is 0.462 e. The summed E-state index contributed by atoms with van der Waals surface area (Å²) in [7, 11) is 0. The number of nitrogens with zero attached hydrogens (tertiary/aromatic N) is 1. The van der Waals surface area contributed by atoms with E-state index in [0.717, 1.165) is 11.1 Å². The fraction of sp³-hybridized carbons (Fsp3) is 0.208. The Balaban J connectivity index is 1.59. The van der Waals surface area contributed by atoms with Gasteiger partial charge in [0.15, 0.2) is 5.75 Å². The van der Waals surface area contributed by atoms with Gasteiger partial charge in [0.1, 0.15) is 17.1 Å². The Morgan fingerprint density at radius 3 is 2.72 bits per heavy atom. The maximum atomic E-state index is 12.9. The fourth-order valence-corrected chi connectivity index (χ4v) is 4.50. The summed E-state index contributed by atoms with van der Waals surface area (Å²) in [6, 6.07) is 14.9. The monoisotopic (exact) mass is 450 g/mol. The number of thiophene rings is 1. The molecule has 0 saturated heterocycles. The van der Waals surface area contributed by atoms with Gasteiger partial charge in [-0.25, -0.2) is 9.59 Å². The van der Waals surface area contributed by atoms with Crippen LogP contribution < -0.4 is 15.0 Å². The van der Waals surface area contributed by atoms with E-state index in [1.54, 1.807) is 17.9 Å². The summed E-state index contributed by atoms with van der Waals surface area (Å²) in [5.41, 5.74) is 3.55. The summed E-state index contributed by atoms with van der Waals surface area (Å²) in [6.45, 7) is 3.79. The number of carbonyl (C=O) groups excluding carboxylic acids is 3. The minimum atomic E-state index is -0.495. The summed E-state index contributed by atoms with van der Waals surface area (Å²) in [4.78, 5) is 39.3. The van der Waals surface area contributed by atoms with Crippen LogP contribution in [0.4, 0.5) is 10.7 Å². The number of carbonyl (C=O) groups is 3. The summed E-state index contributed by atoms with van der Waals surface area (Å²) in [5, 5.41) is 5.07. The zero-order valence-corrected chi connectivity index (χ0v) is 18.5. The highest BCUT2D eigenvalue weighted by atomic mass is 32.1. The average Bonchev–Trinajstić information content (AvgIpc) is 3.18. The number of amides is 1. The molecule has 0 saturated carbocycles. The Hall–Kier alpha value is -3.65. The maximum absolute atomic E-state index is 12.9. The first-order valence-corrected chi connectivity index (χ1v) is 11.0. The van der Waals surface area contributed by atoms with Crippen LogP contribution in [0, 0.1) is 6.92 Å². The van der Waals surface area contributed by atoms with Gasteiger partial charge in [-0.15, -0.1) is 11.3 Å². The van der Waals surface area contributed by atoms with Crippen molar-refractivity contribution in [3.05, 3.63) is 65.0 Å². The first-order valence-electron chi connectivity index (χ1n) is 10.2. The van der Waals surface area contributed by atoms with E-state index < -0.39 is 11.9 Å². The number of hydrogen-bond donors (Lipinski definition) is 1. The molecule has 8 heteroatoms. The zero-order valence-electron chi connectivity index (χ0n) is 17.7. The number of nitrogens with one attached hydrogen (secondary N) is 1. The molecule has 32 heavy (non-hydrogen) atoms. The predicted octanol–water partition coefficient (Wildman–Crippen LogP) is 4.26. The topological polar surface area (TPSA) is 84.9 Å². The van der Waals surface area contributed by atoms with Crippen molar-refractivity contribution in [2.45, 2.75) is 13.8 Å². The van der Waals surface area contributed by atoms with Crippen LogP contribution in [0.25, 0.3) is 11.1 Å². The molecule has 0 aliphatic carbocycles. The lowest BCUT2D eigenvalue weighted by molar-refractivity contribution is -0.133. The van der Waals surface area contributed by atoms with E-state index in [-0.39, 0.29) is 25.6 Å². The van der Waals surface area contributed by atoms with Crippen LogP contribution in [-0.4, -0.2) is 37.5 Å². The molecule has 2 heterocycles.